The van der Waals surface area contributed by atoms with Crippen LogP contribution in [0, 0.1) is 0 Å². The number of anilines is 1. The van der Waals surface area contributed by atoms with Crippen LogP contribution in [0.5, 0.6) is 17.4 Å². The van der Waals surface area contributed by atoms with Crippen LogP contribution in [0.2, 0.25) is 0 Å². The average Bonchev–Trinajstić information content (AvgIpc) is 3.14. The smallest absolute Gasteiger partial charge is 0.275 e. The molecule has 3 rings (SSSR count). The number of nitrogens with zero attached hydrogens (tertiary/aromatic N) is 2. The van der Waals surface area contributed by atoms with E-state index in [9.17, 15) is 4.79 Å². The highest BCUT2D eigenvalue weighted by molar-refractivity contribution is 7.09. The van der Waals surface area contributed by atoms with Crippen molar-refractivity contribution in [2.75, 3.05) is 12.4 Å². The number of nitrogens with one attached hydrogen (secondary N) is 1. The van der Waals surface area contributed by atoms with Gasteiger partial charge in [0.15, 0.2) is 11.5 Å². The summed E-state index contributed by atoms with van der Waals surface area (Å²) in [5.74, 6) is 1.64. The number of hydrogen-bond donors (Lipinski definition) is 1. The molecule has 0 saturated carbocycles. The first-order valence-electron chi connectivity index (χ1n) is 8.10. The Balaban J connectivity index is 1.66. The molecule has 0 fully saturated rings. The number of ether oxygens (including phenoxy) is 2. The fourth-order valence-electron chi connectivity index (χ4n) is 2.18. The minimum atomic E-state index is -0.256. The minimum Gasteiger partial charge on any atom is -0.493 e. The summed E-state index contributed by atoms with van der Waals surface area (Å²) in [7, 11) is 1.58. The first-order valence-corrected chi connectivity index (χ1v) is 8.98. The van der Waals surface area contributed by atoms with Gasteiger partial charge < -0.3 is 14.8 Å². The molecular weight excluding hydrogens is 350 g/mol. The molecule has 3 aromatic rings. The quantitative estimate of drug-likeness (QED) is 0.681. The predicted molar refractivity (Wildman–Crippen MR) is 101 cm³/mol. The highest BCUT2D eigenvalue weighted by Crippen LogP contribution is 2.30. The van der Waals surface area contributed by atoms with Gasteiger partial charge in [-0.1, -0.05) is 26.0 Å². The number of hydrogen-bond acceptors (Lipinski definition) is 6. The third kappa shape index (κ3) is 4.18. The molecule has 1 aromatic carbocycles. The van der Waals surface area contributed by atoms with Gasteiger partial charge in [-0.2, -0.15) is 0 Å². The van der Waals surface area contributed by atoms with Gasteiger partial charge in [0.25, 0.3) is 5.91 Å². The van der Waals surface area contributed by atoms with E-state index >= 15 is 0 Å². The maximum Gasteiger partial charge on any atom is 0.275 e. The van der Waals surface area contributed by atoms with E-state index in [0.717, 1.165) is 5.01 Å². The van der Waals surface area contributed by atoms with Crippen LogP contribution in [0.4, 0.5) is 5.69 Å². The van der Waals surface area contributed by atoms with Crippen molar-refractivity contribution in [2.45, 2.75) is 19.8 Å². The maximum absolute atomic E-state index is 12.3. The molecule has 0 aliphatic heterocycles. The van der Waals surface area contributed by atoms with E-state index in [4.69, 9.17) is 9.47 Å². The number of pyridine rings is 1. The summed E-state index contributed by atoms with van der Waals surface area (Å²) >= 11 is 1.48. The lowest BCUT2D eigenvalue weighted by Gasteiger charge is -2.09. The monoisotopic (exact) mass is 369 g/mol. The van der Waals surface area contributed by atoms with Gasteiger partial charge >= 0.3 is 0 Å². The average molecular weight is 369 g/mol. The zero-order valence-corrected chi connectivity index (χ0v) is 15.5. The third-order valence-electron chi connectivity index (χ3n) is 3.53. The van der Waals surface area contributed by atoms with Crippen LogP contribution in [0.1, 0.15) is 35.3 Å². The summed E-state index contributed by atoms with van der Waals surface area (Å²) in [5, 5.41) is 5.49. The summed E-state index contributed by atoms with van der Waals surface area (Å²) in [4.78, 5) is 20.8. The molecule has 2 aromatic heterocycles. The van der Waals surface area contributed by atoms with Crippen LogP contribution in [-0.4, -0.2) is 23.0 Å². The van der Waals surface area contributed by atoms with Crippen molar-refractivity contribution in [3.63, 3.8) is 0 Å². The fourth-order valence-corrected chi connectivity index (χ4v) is 3.00. The van der Waals surface area contributed by atoms with Crippen LogP contribution in [-0.2, 0) is 0 Å². The number of methoxy groups -OCH3 is 1. The second-order valence-corrected chi connectivity index (χ2v) is 6.71. The van der Waals surface area contributed by atoms with Crippen LogP contribution in [0.3, 0.4) is 0 Å². The molecule has 2 heterocycles. The molecule has 7 heteroatoms. The summed E-state index contributed by atoms with van der Waals surface area (Å²) < 4.78 is 11.0. The van der Waals surface area contributed by atoms with Crippen molar-refractivity contribution in [1.82, 2.24) is 9.97 Å². The molecule has 0 unspecified atom stereocenters. The predicted octanol–water partition coefficient (Wildman–Crippen LogP) is 4.71. The van der Waals surface area contributed by atoms with E-state index in [0.29, 0.717) is 34.7 Å². The summed E-state index contributed by atoms with van der Waals surface area (Å²) in [6.45, 7) is 4.09. The Kier molecular flexibility index (Phi) is 5.48. The Labute approximate surface area is 155 Å². The molecule has 6 nitrogen and oxygen atoms in total. The highest BCUT2D eigenvalue weighted by atomic mass is 32.1. The Bertz CT molecular complexity index is 891. The summed E-state index contributed by atoms with van der Waals surface area (Å²) in [5.41, 5.74) is 0.981. The Morgan fingerprint density at radius 1 is 1.15 bits per heavy atom. The molecule has 26 heavy (non-hydrogen) atoms. The van der Waals surface area contributed by atoms with Crippen LogP contribution >= 0.6 is 11.3 Å². The number of amides is 1. The molecule has 0 bridgehead atoms. The van der Waals surface area contributed by atoms with E-state index in [1.807, 2.05) is 32.0 Å². The maximum atomic E-state index is 12.3. The van der Waals surface area contributed by atoms with Gasteiger partial charge in [-0.05, 0) is 18.2 Å². The molecule has 134 valence electrons. The molecule has 0 aliphatic rings. The van der Waals surface area contributed by atoms with E-state index in [1.54, 1.807) is 36.9 Å². The summed E-state index contributed by atoms with van der Waals surface area (Å²) in [6.07, 6.45) is 1.54. The Hall–Kier alpha value is -2.93. The van der Waals surface area contributed by atoms with Crippen LogP contribution < -0.4 is 14.8 Å². The normalized spacial score (nSPS) is 10.6. The zero-order valence-electron chi connectivity index (χ0n) is 14.7. The van der Waals surface area contributed by atoms with Gasteiger partial charge in [0.1, 0.15) is 5.69 Å². The number of aromatic nitrogens is 2. The molecule has 1 amide bonds. The van der Waals surface area contributed by atoms with Crippen molar-refractivity contribution in [3.8, 4) is 17.4 Å². The minimum absolute atomic E-state index is 0.256. The van der Waals surface area contributed by atoms with E-state index in [-0.39, 0.29) is 5.91 Å². The first kappa shape index (κ1) is 17.9. The molecule has 0 spiro atoms. The van der Waals surface area contributed by atoms with Gasteiger partial charge in [-0.15, -0.1) is 11.3 Å². The SMILES string of the molecule is COc1ccccc1Oc1ccc(NC(=O)c2csc(C(C)C)n2)cn1. The van der Waals surface area contributed by atoms with Crippen molar-refractivity contribution in [2.24, 2.45) is 0 Å². The lowest BCUT2D eigenvalue weighted by molar-refractivity contribution is 0.102. The van der Waals surface area contributed by atoms with E-state index in [1.165, 1.54) is 11.3 Å². The van der Waals surface area contributed by atoms with Gasteiger partial charge in [0.05, 0.1) is 24.0 Å². The topological polar surface area (TPSA) is 73.3 Å². The third-order valence-corrected chi connectivity index (χ3v) is 4.67. The van der Waals surface area contributed by atoms with Gasteiger partial charge in [0, 0.05) is 17.4 Å². The number of carbonyl (C=O) groups is 1. The molecule has 0 saturated heterocycles. The van der Waals surface area contributed by atoms with Crippen molar-refractivity contribution < 1.29 is 14.3 Å². The summed E-state index contributed by atoms with van der Waals surface area (Å²) in [6, 6.07) is 10.7. The van der Waals surface area contributed by atoms with Crippen LogP contribution in [0.15, 0.2) is 48.0 Å². The number of rotatable bonds is 6. The van der Waals surface area contributed by atoms with Gasteiger partial charge in [-0.25, -0.2) is 9.97 Å². The van der Waals surface area contributed by atoms with Gasteiger partial charge in [0.2, 0.25) is 5.88 Å². The number of carbonyl (C=O) groups excluding carboxylic acids is 1. The molecular formula is C19H19N3O3S. The number of benzene rings is 1. The lowest BCUT2D eigenvalue weighted by Crippen LogP contribution is -2.12. The van der Waals surface area contributed by atoms with E-state index < -0.39 is 0 Å². The van der Waals surface area contributed by atoms with Crippen LogP contribution in [0.25, 0.3) is 0 Å². The standard InChI is InChI=1S/C19H19N3O3S/c1-12(2)19-22-14(11-26-19)18(23)21-13-8-9-17(20-10-13)25-16-7-5-4-6-15(16)24-3/h4-12H,1-3H3,(H,21,23). The molecule has 0 aliphatic carbocycles. The van der Waals surface area contributed by atoms with Crippen molar-refractivity contribution in [1.29, 1.82) is 0 Å². The highest BCUT2D eigenvalue weighted by Gasteiger charge is 2.13. The van der Waals surface area contributed by atoms with Gasteiger partial charge in [-0.3, -0.25) is 4.79 Å². The van der Waals surface area contributed by atoms with Crippen molar-refractivity contribution in [3.05, 3.63) is 58.7 Å². The lowest BCUT2D eigenvalue weighted by atomic mass is 10.2. The van der Waals surface area contributed by atoms with Crippen molar-refractivity contribution >= 4 is 22.9 Å². The molecule has 0 atom stereocenters. The molecule has 0 radical (unpaired) electrons. The number of thiazole rings is 1. The largest absolute Gasteiger partial charge is 0.493 e. The Morgan fingerprint density at radius 2 is 1.92 bits per heavy atom. The zero-order chi connectivity index (χ0) is 18.5. The second kappa shape index (κ2) is 7.97. The van der Waals surface area contributed by atoms with E-state index in [2.05, 4.69) is 15.3 Å². The Morgan fingerprint density at radius 3 is 2.54 bits per heavy atom. The fraction of sp³-hybridized carbons (Fsp3) is 0.211. The first-order chi connectivity index (χ1) is 12.6. The second-order valence-electron chi connectivity index (χ2n) is 5.82. The molecule has 1 N–H and O–H groups in total. The number of para-hydroxylation sites is 2.